The molecular weight excluding hydrogens is 452 g/mol. The lowest BCUT2D eigenvalue weighted by atomic mass is 9.81. The number of benzene rings is 2. The van der Waals surface area contributed by atoms with E-state index in [9.17, 15) is 19.8 Å². The van der Waals surface area contributed by atoms with Crippen LogP contribution in [-0.4, -0.2) is 48.1 Å². The van der Waals surface area contributed by atoms with Gasteiger partial charge in [0.2, 0.25) is 0 Å². The smallest absolute Gasteiger partial charge is 0.196 e. The van der Waals surface area contributed by atoms with Crippen LogP contribution < -0.4 is 10.6 Å². The van der Waals surface area contributed by atoms with Crippen molar-refractivity contribution in [3.8, 4) is 0 Å². The van der Waals surface area contributed by atoms with Crippen LogP contribution in [0.1, 0.15) is 83.2 Å². The Kier molecular flexibility index (Phi) is 7.73. The predicted octanol–water partition coefficient (Wildman–Crippen LogP) is 4.88. The number of fused-ring (bicyclic) bond motifs is 2. The SMILES string of the molecule is O=C1c2cccc(NCC3CCC(CO)CC3)c2C(=O)c2cccc(NCC3CCC(CO)CC3)c21. The molecule has 0 spiro atoms. The molecule has 0 radical (unpaired) electrons. The average Bonchev–Trinajstić information content (AvgIpc) is 2.93. The highest BCUT2D eigenvalue weighted by Gasteiger charge is 2.34. The van der Waals surface area contributed by atoms with Gasteiger partial charge in [0.1, 0.15) is 0 Å². The van der Waals surface area contributed by atoms with Crippen molar-refractivity contribution >= 4 is 22.9 Å². The second kappa shape index (κ2) is 11.1. The third-order valence-corrected chi connectivity index (χ3v) is 8.68. The molecule has 2 aromatic carbocycles. The molecule has 2 saturated carbocycles. The average molecular weight is 491 g/mol. The molecule has 0 aliphatic heterocycles. The molecule has 3 aliphatic rings. The quantitative estimate of drug-likeness (QED) is 0.359. The van der Waals surface area contributed by atoms with Crippen molar-refractivity contribution in [2.24, 2.45) is 23.7 Å². The van der Waals surface area contributed by atoms with E-state index in [0.29, 0.717) is 45.9 Å². The first kappa shape index (κ1) is 25.0. The Morgan fingerprint density at radius 3 is 1.31 bits per heavy atom. The predicted molar refractivity (Wildman–Crippen MR) is 142 cm³/mol. The third-order valence-electron chi connectivity index (χ3n) is 8.68. The van der Waals surface area contributed by atoms with Gasteiger partial charge in [0.25, 0.3) is 0 Å². The Morgan fingerprint density at radius 2 is 0.944 bits per heavy atom. The number of carbonyl (C=O) groups is 2. The van der Waals surface area contributed by atoms with Gasteiger partial charge in [-0.05, 0) is 87.2 Å². The van der Waals surface area contributed by atoms with Gasteiger partial charge in [-0.2, -0.15) is 0 Å². The molecule has 3 aliphatic carbocycles. The highest BCUT2D eigenvalue weighted by molar-refractivity contribution is 6.31. The molecule has 0 saturated heterocycles. The molecular formula is C30H38N2O4. The summed E-state index contributed by atoms with van der Waals surface area (Å²) in [5.74, 6) is 1.65. The van der Waals surface area contributed by atoms with Gasteiger partial charge in [-0.3, -0.25) is 9.59 Å². The van der Waals surface area contributed by atoms with Crippen molar-refractivity contribution in [2.45, 2.75) is 51.4 Å². The number of hydrogen-bond acceptors (Lipinski definition) is 6. The number of aliphatic hydroxyl groups is 2. The maximum absolute atomic E-state index is 13.7. The Bertz CT molecular complexity index is 1010. The van der Waals surface area contributed by atoms with Gasteiger partial charge in [0, 0.05) is 48.8 Å². The summed E-state index contributed by atoms with van der Waals surface area (Å²) < 4.78 is 0. The van der Waals surface area contributed by atoms with Crippen molar-refractivity contribution in [3.63, 3.8) is 0 Å². The van der Waals surface area contributed by atoms with Crippen molar-refractivity contribution in [1.29, 1.82) is 0 Å². The van der Waals surface area contributed by atoms with Gasteiger partial charge in [0.05, 0.1) is 11.1 Å². The van der Waals surface area contributed by atoms with Gasteiger partial charge in [-0.15, -0.1) is 0 Å². The fourth-order valence-corrected chi connectivity index (χ4v) is 6.28. The minimum Gasteiger partial charge on any atom is -0.396 e. The molecule has 4 N–H and O–H groups in total. The van der Waals surface area contributed by atoms with Crippen LogP contribution in [0.2, 0.25) is 0 Å². The lowest BCUT2D eigenvalue weighted by Crippen LogP contribution is -2.27. The first-order chi connectivity index (χ1) is 17.6. The van der Waals surface area contributed by atoms with Gasteiger partial charge < -0.3 is 20.8 Å². The van der Waals surface area contributed by atoms with Gasteiger partial charge in [-0.25, -0.2) is 0 Å². The second-order valence-corrected chi connectivity index (χ2v) is 11.0. The summed E-state index contributed by atoms with van der Waals surface area (Å²) in [5, 5.41) is 25.7. The van der Waals surface area contributed by atoms with E-state index in [1.807, 2.05) is 24.3 Å². The standard InChI is InChI=1S/C30H38N2O4/c33-17-21-11-7-19(8-12-21)15-31-25-5-1-3-23-27(25)30(36)24-4-2-6-26(28(24)29(23)35)32-16-20-9-13-22(18-34)14-10-20/h1-6,19-22,31-34H,7-18H2. The molecule has 6 nitrogen and oxygen atoms in total. The van der Waals surface area contributed by atoms with E-state index in [0.717, 1.165) is 75.8 Å². The van der Waals surface area contributed by atoms with Gasteiger partial charge in [0.15, 0.2) is 11.6 Å². The molecule has 0 atom stereocenters. The second-order valence-electron chi connectivity index (χ2n) is 11.0. The molecule has 2 fully saturated rings. The van der Waals surface area contributed by atoms with E-state index in [-0.39, 0.29) is 24.8 Å². The first-order valence-electron chi connectivity index (χ1n) is 13.6. The maximum atomic E-state index is 13.7. The molecule has 36 heavy (non-hydrogen) atoms. The minimum absolute atomic E-state index is 0.0983. The van der Waals surface area contributed by atoms with Crippen molar-refractivity contribution in [1.82, 2.24) is 0 Å². The number of hydrogen-bond donors (Lipinski definition) is 4. The number of carbonyl (C=O) groups excluding carboxylic acids is 2. The number of rotatable bonds is 8. The molecule has 0 unspecified atom stereocenters. The summed E-state index contributed by atoms with van der Waals surface area (Å²) in [4.78, 5) is 27.3. The summed E-state index contributed by atoms with van der Waals surface area (Å²) in [6.07, 6.45) is 8.44. The Balaban J connectivity index is 1.31. The zero-order valence-electron chi connectivity index (χ0n) is 21.0. The van der Waals surface area contributed by atoms with E-state index in [2.05, 4.69) is 10.6 Å². The Hall–Kier alpha value is -2.70. The van der Waals surface area contributed by atoms with Crippen LogP contribution in [0, 0.1) is 23.7 Å². The van der Waals surface area contributed by atoms with E-state index in [1.165, 1.54) is 0 Å². The van der Waals surface area contributed by atoms with Crippen molar-refractivity contribution in [3.05, 3.63) is 58.7 Å². The van der Waals surface area contributed by atoms with E-state index >= 15 is 0 Å². The normalized spacial score (nSPS) is 25.7. The summed E-state index contributed by atoms with van der Waals surface area (Å²) in [6, 6.07) is 11.1. The molecule has 5 rings (SSSR count). The largest absolute Gasteiger partial charge is 0.396 e. The van der Waals surface area contributed by atoms with Crippen LogP contribution in [0.25, 0.3) is 0 Å². The number of ketones is 2. The molecule has 0 amide bonds. The van der Waals surface area contributed by atoms with Crippen molar-refractivity contribution < 1.29 is 19.8 Å². The van der Waals surface area contributed by atoms with Crippen LogP contribution in [0.4, 0.5) is 11.4 Å². The number of anilines is 2. The highest BCUT2D eigenvalue weighted by atomic mass is 16.3. The molecule has 192 valence electrons. The van der Waals surface area contributed by atoms with Crippen LogP contribution >= 0.6 is 0 Å². The lowest BCUT2D eigenvalue weighted by molar-refractivity contribution is 0.0980. The van der Waals surface area contributed by atoms with E-state index < -0.39 is 0 Å². The van der Waals surface area contributed by atoms with Crippen LogP contribution in [0.3, 0.4) is 0 Å². The zero-order valence-corrected chi connectivity index (χ0v) is 21.0. The summed E-state index contributed by atoms with van der Waals surface area (Å²) in [7, 11) is 0. The van der Waals surface area contributed by atoms with Crippen LogP contribution in [0.5, 0.6) is 0 Å². The third kappa shape index (κ3) is 5.07. The summed E-state index contributed by atoms with van der Waals surface area (Å²) in [5.41, 5.74) is 3.38. The fraction of sp³-hybridized carbons (Fsp3) is 0.533. The highest BCUT2D eigenvalue weighted by Crippen LogP contribution is 2.37. The Morgan fingerprint density at radius 1 is 0.583 bits per heavy atom. The lowest BCUT2D eigenvalue weighted by Gasteiger charge is -2.29. The van der Waals surface area contributed by atoms with Crippen LogP contribution in [0.15, 0.2) is 36.4 Å². The number of aliphatic hydroxyl groups excluding tert-OH is 2. The van der Waals surface area contributed by atoms with Crippen molar-refractivity contribution in [2.75, 3.05) is 36.9 Å². The first-order valence-corrected chi connectivity index (χ1v) is 13.6. The maximum Gasteiger partial charge on any atom is 0.196 e. The summed E-state index contributed by atoms with van der Waals surface area (Å²) in [6.45, 7) is 2.07. The van der Waals surface area contributed by atoms with E-state index in [1.54, 1.807) is 12.1 Å². The molecule has 0 aromatic heterocycles. The molecule has 2 aromatic rings. The topological polar surface area (TPSA) is 98.7 Å². The zero-order chi connectivity index (χ0) is 25.1. The van der Waals surface area contributed by atoms with Gasteiger partial charge >= 0.3 is 0 Å². The summed E-state index contributed by atoms with van der Waals surface area (Å²) >= 11 is 0. The van der Waals surface area contributed by atoms with Crippen LogP contribution in [-0.2, 0) is 0 Å². The molecule has 0 heterocycles. The molecule has 6 heteroatoms. The monoisotopic (exact) mass is 490 g/mol. The fourth-order valence-electron chi connectivity index (χ4n) is 6.28. The Labute approximate surface area is 213 Å². The van der Waals surface area contributed by atoms with E-state index in [4.69, 9.17) is 0 Å². The number of nitrogens with one attached hydrogen (secondary N) is 2. The van der Waals surface area contributed by atoms with Gasteiger partial charge in [-0.1, -0.05) is 24.3 Å². The minimum atomic E-state index is -0.0983. The molecule has 0 bridgehead atoms.